The molecule has 0 fully saturated rings. The van der Waals surface area contributed by atoms with Gasteiger partial charge in [-0.2, -0.15) is 0 Å². The predicted molar refractivity (Wildman–Crippen MR) is 123 cm³/mol. The number of hydrogen-bond acceptors (Lipinski definition) is 3. The normalized spacial score (nSPS) is 20.5. The SMILES string of the molecule is Cc1ccc([C@@H]2CC(=O)C3=C(C2)Nc2ccccc2N[C@H]3c2ccc(C)cc2)cc1. The number of Topliss-reactive ketones (excluding diaryl/α,β-unsaturated/α-hetero) is 1. The Labute approximate surface area is 177 Å². The maximum absolute atomic E-state index is 13.5. The minimum absolute atomic E-state index is 0.150. The highest BCUT2D eigenvalue weighted by Crippen LogP contribution is 2.44. The monoisotopic (exact) mass is 394 g/mol. The zero-order chi connectivity index (χ0) is 20.7. The quantitative estimate of drug-likeness (QED) is 0.537. The second-order valence-electron chi connectivity index (χ2n) is 8.49. The first-order chi connectivity index (χ1) is 14.6. The van der Waals surface area contributed by atoms with Gasteiger partial charge >= 0.3 is 0 Å². The van der Waals surface area contributed by atoms with Crippen molar-refractivity contribution in [2.24, 2.45) is 0 Å². The number of ketones is 1. The maximum Gasteiger partial charge on any atom is 0.163 e. The van der Waals surface area contributed by atoms with Gasteiger partial charge in [0.2, 0.25) is 0 Å². The van der Waals surface area contributed by atoms with E-state index in [1.807, 2.05) is 12.1 Å². The maximum atomic E-state index is 13.5. The Morgan fingerprint density at radius 2 is 1.33 bits per heavy atom. The van der Waals surface area contributed by atoms with Crippen molar-refractivity contribution in [2.45, 2.75) is 38.6 Å². The molecule has 1 aliphatic heterocycles. The lowest BCUT2D eigenvalue weighted by molar-refractivity contribution is -0.116. The molecule has 0 amide bonds. The van der Waals surface area contributed by atoms with Crippen LogP contribution in [0.2, 0.25) is 0 Å². The smallest absolute Gasteiger partial charge is 0.163 e. The lowest BCUT2D eigenvalue weighted by Gasteiger charge is -2.30. The summed E-state index contributed by atoms with van der Waals surface area (Å²) in [6.45, 7) is 4.18. The molecule has 2 atom stereocenters. The van der Waals surface area contributed by atoms with Crippen LogP contribution in [0.3, 0.4) is 0 Å². The van der Waals surface area contributed by atoms with Crippen molar-refractivity contribution >= 4 is 17.2 Å². The summed E-state index contributed by atoms with van der Waals surface area (Å²) in [7, 11) is 0. The zero-order valence-corrected chi connectivity index (χ0v) is 17.4. The fourth-order valence-corrected chi connectivity index (χ4v) is 4.58. The highest BCUT2D eigenvalue weighted by atomic mass is 16.1. The largest absolute Gasteiger partial charge is 0.372 e. The van der Waals surface area contributed by atoms with Crippen LogP contribution in [0, 0.1) is 13.8 Å². The van der Waals surface area contributed by atoms with E-state index in [1.165, 1.54) is 16.7 Å². The standard InChI is InChI=1S/C27H26N2O/c1-17-7-11-19(12-8-17)21-15-24-26(25(30)16-21)27(20-13-9-18(2)10-14-20)29-23-6-4-3-5-22(23)28-24/h3-14,21,27-29H,15-16H2,1-2H3/t21-,27-/m0/s1. The Kier molecular flexibility index (Phi) is 4.66. The molecule has 0 bridgehead atoms. The fraction of sp³-hybridized carbons (Fsp3) is 0.222. The van der Waals surface area contributed by atoms with E-state index in [0.717, 1.165) is 34.6 Å². The predicted octanol–water partition coefficient (Wildman–Crippen LogP) is 6.28. The third kappa shape index (κ3) is 3.41. The van der Waals surface area contributed by atoms with E-state index in [1.54, 1.807) is 0 Å². The molecule has 0 saturated heterocycles. The Morgan fingerprint density at radius 1 is 0.733 bits per heavy atom. The molecule has 150 valence electrons. The molecule has 0 unspecified atom stereocenters. The minimum atomic E-state index is -0.150. The van der Waals surface area contributed by atoms with Crippen LogP contribution in [0.1, 0.15) is 47.1 Å². The number of allylic oxidation sites excluding steroid dienone is 1. The molecule has 3 aromatic rings. The molecule has 0 spiro atoms. The van der Waals surface area contributed by atoms with Crippen LogP contribution in [-0.4, -0.2) is 5.78 Å². The average molecular weight is 395 g/mol. The van der Waals surface area contributed by atoms with Crippen molar-refractivity contribution < 1.29 is 4.79 Å². The summed E-state index contributed by atoms with van der Waals surface area (Å²) in [6.07, 6.45) is 1.38. The van der Waals surface area contributed by atoms with Crippen LogP contribution in [0.25, 0.3) is 0 Å². The Hall–Kier alpha value is -3.33. The molecule has 2 aliphatic rings. The second kappa shape index (κ2) is 7.49. The third-order valence-electron chi connectivity index (χ3n) is 6.27. The van der Waals surface area contributed by atoms with Gasteiger partial charge in [0, 0.05) is 17.7 Å². The summed E-state index contributed by atoms with van der Waals surface area (Å²) in [5, 5.41) is 7.26. The highest BCUT2D eigenvalue weighted by Gasteiger charge is 2.35. The lowest BCUT2D eigenvalue weighted by atomic mass is 9.78. The van der Waals surface area contributed by atoms with Gasteiger partial charge in [-0.25, -0.2) is 0 Å². The number of aryl methyl sites for hydroxylation is 2. The topological polar surface area (TPSA) is 41.1 Å². The number of anilines is 2. The number of rotatable bonds is 2. The van der Waals surface area contributed by atoms with Crippen LogP contribution < -0.4 is 10.6 Å². The van der Waals surface area contributed by atoms with Crippen molar-refractivity contribution in [3.05, 3.63) is 106 Å². The van der Waals surface area contributed by atoms with Crippen molar-refractivity contribution in [3.63, 3.8) is 0 Å². The van der Waals surface area contributed by atoms with Gasteiger partial charge in [0.15, 0.2) is 5.78 Å². The second-order valence-corrected chi connectivity index (χ2v) is 8.49. The van der Waals surface area contributed by atoms with Crippen molar-refractivity contribution in [1.82, 2.24) is 0 Å². The average Bonchev–Trinajstić information content (AvgIpc) is 2.91. The van der Waals surface area contributed by atoms with Gasteiger partial charge in [-0.15, -0.1) is 0 Å². The minimum Gasteiger partial charge on any atom is -0.372 e. The first-order valence-corrected chi connectivity index (χ1v) is 10.6. The van der Waals surface area contributed by atoms with Crippen molar-refractivity contribution in [3.8, 4) is 0 Å². The molecular weight excluding hydrogens is 368 g/mol. The third-order valence-corrected chi connectivity index (χ3v) is 6.27. The molecule has 2 N–H and O–H groups in total. The van der Waals surface area contributed by atoms with Crippen LogP contribution >= 0.6 is 0 Å². The summed E-state index contributed by atoms with van der Waals surface area (Å²) in [4.78, 5) is 13.5. The number of carbonyl (C=O) groups is 1. The number of nitrogens with one attached hydrogen (secondary N) is 2. The van der Waals surface area contributed by atoms with Gasteiger partial charge in [0.05, 0.1) is 17.4 Å². The summed E-state index contributed by atoms with van der Waals surface area (Å²) >= 11 is 0. The fourth-order valence-electron chi connectivity index (χ4n) is 4.58. The van der Waals surface area contributed by atoms with Gasteiger partial charge in [0.25, 0.3) is 0 Å². The van der Waals surface area contributed by atoms with Gasteiger partial charge in [-0.05, 0) is 49.4 Å². The van der Waals surface area contributed by atoms with Crippen molar-refractivity contribution in [1.29, 1.82) is 0 Å². The zero-order valence-electron chi connectivity index (χ0n) is 17.4. The Morgan fingerprint density at radius 3 is 2.00 bits per heavy atom. The summed E-state index contributed by atoms with van der Waals surface area (Å²) in [5.41, 5.74) is 8.78. The number of para-hydroxylation sites is 2. The summed E-state index contributed by atoms with van der Waals surface area (Å²) in [6, 6.07) is 25.1. The van der Waals surface area contributed by atoms with Crippen LogP contribution in [-0.2, 0) is 4.79 Å². The summed E-state index contributed by atoms with van der Waals surface area (Å²) in [5.74, 6) is 0.425. The van der Waals surface area contributed by atoms with E-state index in [9.17, 15) is 4.79 Å². The molecule has 3 aromatic carbocycles. The molecule has 0 saturated carbocycles. The highest BCUT2D eigenvalue weighted by molar-refractivity contribution is 6.01. The first-order valence-electron chi connectivity index (χ1n) is 10.6. The molecule has 5 rings (SSSR count). The molecule has 3 nitrogen and oxygen atoms in total. The Balaban J connectivity index is 1.60. The molecular formula is C27H26N2O. The van der Waals surface area contributed by atoms with E-state index in [4.69, 9.17) is 0 Å². The number of hydrogen-bond donors (Lipinski definition) is 2. The Bertz CT molecular complexity index is 1130. The first kappa shape index (κ1) is 18.7. The van der Waals surface area contributed by atoms with E-state index < -0.39 is 0 Å². The van der Waals surface area contributed by atoms with Crippen LogP contribution in [0.15, 0.2) is 84.1 Å². The van der Waals surface area contributed by atoms with Crippen molar-refractivity contribution in [2.75, 3.05) is 10.6 Å². The number of carbonyl (C=O) groups excluding carboxylic acids is 1. The van der Waals surface area contributed by atoms with Gasteiger partial charge in [0.1, 0.15) is 0 Å². The number of benzene rings is 3. The summed E-state index contributed by atoms with van der Waals surface area (Å²) < 4.78 is 0. The lowest BCUT2D eigenvalue weighted by Crippen LogP contribution is -2.26. The van der Waals surface area contributed by atoms with E-state index >= 15 is 0 Å². The molecule has 0 radical (unpaired) electrons. The van der Waals surface area contributed by atoms with E-state index in [0.29, 0.717) is 6.42 Å². The molecule has 0 aromatic heterocycles. The van der Waals surface area contributed by atoms with Gasteiger partial charge in [-0.1, -0.05) is 71.8 Å². The molecule has 1 aliphatic carbocycles. The molecule has 3 heteroatoms. The molecule has 30 heavy (non-hydrogen) atoms. The van der Waals surface area contributed by atoms with Gasteiger partial charge < -0.3 is 10.6 Å². The van der Waals surface area contributed by atoms with E-state index in [2.05, 4.69) is 85.1 Å². The number of fused-ring (bicyclic) bond motifs is 1. The molecule has 1 heterocycles. The van der Waals surface area contributed by atoms with Crippen LogP contribution in [0.4, 0.5) is 11.4 Å². The van der Waals surface area contributed by atoms with E-state index in [-0.39, 0.29) is 17.7 Å². The van der Waals surface area contributed by atoms with Gasteiger partial charge in [-0.3, -0.25) is 4.79 Å². The van der Waals surface area contributed by atoms with Crippen LogP contribution in [0.5, 0.6) is 0 Å².